The zero-order chi connectivity index (χ0) is 24.1. The number of rotatable bonds is 4. The van der Waals surface area contributed by atoms with E-state index in [2.05, 4.69) is 24.9 Å². The summed E-state index contributed by atoms with van der Waals surface area (Å²) in [6.45, 7) is 0.133. The van der Waals surface area contributed by atoms with Crippen LogP contribution in [0.4, 0.5) is 13.2 Å². The molecule has 12 heteroatoms. The second-order valence-corrected chi connectivity index (χ2v) is 7.83. The minimum atomic E-state index is -3.06. The van der Waals surface area contributed by atoms with Crippen LogP contribution >= 0.6 is 0 Å². The molecule has 0 aliphatic carbocycles. The number of aromatic nitrogens is 5. The minimum Gasteiger partial charge on any atom is -0.438 e. The van der Waals surface area contributed by atoms with Gasteiger partial charge in [-0.05, 0) is 24.3 Å². The van der Waals surface area contributed by atoms with Crippen LogP contribution in [0.3, 0.4) is 0 Å². The molecule has 6 rings (SSSR count). The van der Waals surface area contributed by atoms with Gasteiger partial charge in [0, 0.05) is 30.9 Å². The maximum Gasteiger partial charge on any atom is 0.292 e. The molecule has 1 aliphatic heterocycles. The van der Waals surface area contributed by atoms with Crippen LogP contribution in [0.15, 0.2) is 57.8 Å². The number of carbonyl (C=O) groups is 1. The number of nitrogens with one attached hydrogen (secondary N) is 1. The highest BCUT2D eigenvalue weighted by Crippen LogP contribution is 2.37. The third-order valence-electron chi connectivity index (χ3n) is 5.72. The Morgan fingerprint density at radius 2 is 2.03 bits per heavy atom. The Bertz CT molecular complexity index is 1540. The van der Waals surface area contributed by atoms with E-state index in [1.54, 1.807) is 12.1 Å². The lowest BCUT2D eigenvalue weighted by atomic mass is 10.0. The zero-order valence-electron chi connectivity index (χ0n) is 17.8. The fourth-order valence-electron chi connectivity index (χ4n) is 4.14. The molecule has 0 saturated heterocycles. The summed E-state index contributed by atoms with van der Waals surface area (Å²) in [5, 5.41) is 0. The molecule has 1 aliphatic rings. The Morgan fingerprint density at radius 3 is 2.83 bits per heavy atom. The summed E-state index contributed by atoms with van der Waals surface area (Å²) >= 11 is 0. The third-order valence-corrected chi connectivity index (χ3v) is 5.72. The molecule has 0 spiro atoms. The molecule has 35 heavy (non-hydrogen) atoms. The van der Waals surface area contributed by atoms with E-state index in [9.17, 15) is 18.0 Å². The number of benzene rings is 1. The lowest BCUT2D eigenvalue weighted by Crippen LogP contribution is -2.41. The van der Waals surface area contributed by atoms with Gasteiger partial charge < -0.3 is 18.7 Å². The molecule has 1 atom stereocenters. The fraction of sp³-hybridized carbons (Fsp3) is 0.174. The number of amides is 1. The summed E-state index contributed by atoms with van der Waals surface area (Å²) in [4.78, 5) is 34.5. The van der Waals surface area contributed by atoms with Crippen molar-refractivity contribution in [2.75, 3.05) is 6.54 Å². The molecule has 0 bridgehead atoms. The topological polar surface area (TPSA) is 114 Å². The summed E-state index contributed by atoms with van der Waals surface area (Å²) in [7, 11) is 0. The maximum atomic E-state index is 13.9. The summed E-state index contributed by atoms with van der Waals surface area (Å²) in [5.74, 6) is -2.07. The van der Waals surface area contributed by atoms with Crippen molar-refractivity contribution in [1.82, 2.24) is 29.8 Å². The molecule has 0 fully saturated rings. The lowest BCUT2D eigenvalue weighted by Gasteiger charge is -2.32. The van der Waals surface area contributed by atoms with Crippen LogP contribution in [-0.4, -0.2) is 42.3 Å². The van der Waals surface area contributed by atoms with Gasteiger partial charge in [-0.2, -0.15) is 0 Å². The van der Waals surface area contributed by atoms with Crippen molar-refractivity contribution in [3.05, 3.63) is 83.5 Å². The van der Waals surface area contributed by atoms with Crippen molar-refractivity contribution < 1.29 is 26.8 Å². The number of fused-ring (bicyclic) bond motifs is 2. The number of carbonyl (C=O) groups excluding carboxylic acids is 1. The van der Waals surface area contributed by atoms with Crippen molar-refractivity contribution in [3.8, 4) is 11.6 Å². The third kappa shape index (κ3) is 3.54. The zero-order valence-corrected chi connectivity index (χ0v) is 17.8. The van der Waals surface area contributed by atoms with Crippen molar-refractivity contribution in [3.63, 3.8) is 0 Å². The summed E-state index contributed by atoms with van der Waals surface area (Å²) in [6, 6.07) is 7.72. The van der Waals surface area contributed by atoms with Gasteiger partial charge in [0.05, 0.1) is 12.0 Å². The molecule has 1 N–H and O–H groups in total. The first-order chi connectivity index (χ1) is 17.0. The first-order valence-electron chi connectivity index (χ1n) is 10.6. The first kappa shape index (κ1) is 21.1. The summed E-state index contributed by atoms with van der Waals surface area (Å²) in [5.41, 5.74) is 1.16. The Balaban J connectivity index is 1.45. The number of H-pyrrole nitrogens is 1. The smallest absolute Gasteiger partial charge is 0.292 e. The number of oxazole rings is 2. The van der Waals surface area contributed by atoms with E-state index in [0.29, 0.717) is 17.7 Å². The van der Waals surface area contributed by atoms with Gasteiger partial charge >= 0.3 is 0 Å². The van der Waals surface area contributed by atoms with E-state index in [4.69, 9.17) is 8.83 Å². The predicted octanol–water partition coefficient (Wildman–Crippen LogP) is 4.47. The number of hydrogen-bond donors (Lipinski definition) is 1. The largest absolute Gasteiger partial charge is 0.438 e. The Labute approximate surface area is 194 Å². The van der Waals surface area contributed by atoms with Gasteiger partial charge in [-0.3, -0.25) is 9.78 Å². The van der Waals surface area contributed by atoms with Gasteiger partial charge in [-0.25, -0.2) is 28.1 Å². The number of alkyl halides is 2. The van der Waals surface area contributed by atoms with E-state index in [1.165, 1.54) is 41.7 Å². The molecule has 0 unspecified atom stereocenters. The number of hydrogen-bond acceptors (Lipinski definition) is 7. The predicted molar refractivity (Wildman–Crippen MR) is 114 cm³/mol. The number of aromatic amines is 1. The Hall–Kier alpha value is -4.48. The Kier molecular flexibility index (Phi) is 4.87. The highest BCUT2D eigenvalue weighted by atomic mass is 19.3. The normalized spacial score (nSPS) is 15.7. The molecule has 0 saturated carbocycles. The molecule has 5 aromatic rings. The second kappa shape index (κ2) is 8.08. The molecule has 1 aromatic carbocycles. The second-order valence-electron chi connectivity index (χ2n) is 7.83. The van der Waals surface area contributed by atoms with Gasteiger partial charge in [0.1, 0.15) is 17.0 Å². The average Bonchev–Trinajstić information content (AvgIpc) is 3.61. The van der Waals surface area contributed by atoms with Crippen molar-refractivity contribution >= 4 is 17.0 Å². The molecular weight excluding hydrogens is 465 g/mol. The number of pyridine rings is 1. The van der Waals surface area contributed by atoms with Crippen LogP contribution in [-0.2, 0) is 6.42 Å². The van der Waals surface area contributed by atoms with Crippen LogP contribution in [0.5, 0.6) is 0 Å². The fourth-order valence-corrected chi connectivity index (χ4v) is 4.14. The lowest BCUT2D eigenvalue weighted by molar-refractivity contribution is 0.0621. The van der Waals surface area contributed by atoms with Gasteiger partial charge in [0.25, 0.3) is 12.3 Å². The average molecular weight is 480 g/mol. The highest BCUT2D eigenvalue weighted by molar-refractivity contribution is 5.93. The quantitative estimate of drug-likeness (QED) is 0.404. The Morgan fingerprint density at radius 1 is 1.14 bits per heavy atom. The number of nitrogens with zero attached hydrogens (tertiary/aromatic N) is 5. The van der Waals surface area contributed by atoms with Crippen molar-refractivity contribution in [2.45, 2.75) is 18.9 Å². The summed E-state index contributed by atoms with van der Waals surface area (Å²) in [6.07, 6.45) is 0.245. The van der Waals surface area contributed by atoms with Crippen LogP contribution in [0.25, 0.3) is 22.7 Å². The molecule has 0 radical (unpaired) electrons. The first-order valence-corrected chi connectivity index (χ1v) is 10.6. The van der Waals surface area contributed by atoms with Gasteiger partial charge in [-0.15, -0.1) is 0 Å². The summed E-state index contributed by atoms with van der Waals surface area (Å²) < 4.78 is 52.8. The van der Waals surface area contributed by atoms with E-state index in [-0.39, 0.29) is 29.5 Å². The van der Waals surface area contributed by atoms with Crippen LogP contribution in [0, 0.1) is 5.82 Å². The van der Waals surface area contributed by atoms with Gasteiger partial charge in [-0.1, -0.05) is 6.07 Å². The van der Waals surface area contributed by atoms with E-state index >= 15 is 0 Å². The highest BCUT2D eigenvalue weighted by Gasteiger charge is 2.41. The SMILES string of the molecule is O=C(c1oc(-c2ccccn2)nc1C(F)F)N1CCc2[nH]cnc2[C@H]1c1nc2cc(F)ccc2o1. The van der Waals surface area contributed by atoms with E-state index in [0.717, 1.165) is 5.69 Å². The van der Waals surface area contributed by atoms with Gasteiger partial charge in [0.15, 0.2) is 17.3 Å². The van der Waals surface area contributed by atoms with Crippen LogP contribution in [0.2, 0.25) is 0 Å². The molecule has 9 nitrogen and oxygen atoms in total. The number of imidazole rings is 1. The minimum absolute atomic E-state index is 0.0649. The van der Waals surface area contributed by atoms with Crippen LogP contribution < -0.4 is 0 Å². The standard InChI is InChI=1S/C23H15F3N6O3/c24-11-4-5-15-14(9-11)30-22(34-15)18-16-12(28-10-29-16)6-8-32(18)23(33)19-17(20(25)26)31-21(35-19)13-3-1-2-7-27-13/h1-5,7,9-10,18,20H,6,8H2,(H,28,29)/t18-/m0/s1. The van der Waals surface area contributed by atoms with Crippen molar-refractivity contribution in [1.29, 1.82) is 0 Å². The van der Waals surface area contributed by atoms with Crippen LogP contribution in [0.1, 0.15) is 46.0 Å². The van der Waals surface area contributed by atoms with Crippen molar-refractivity contribution in [2.24, 2.45) is 0 Å². The molecule has 5 heterocycles. The molecule has 176 valence electrons. The van der Waals surface area contributed by atoms with Gasteiger partial charge in [0.2, 0.25) is 17.5 Å². The molecule has 1 amide bonds. The maximum absolute atomic E-state index is 13.9. The van der Waals surface area contributed by atoms with E-state index in [1.807, 2.05) is 0 Å². The molecule has 4 aromatic heterocycles. The molecular formula is C23H15F3N6O3. The van der Waals surface area contributed by atoms with E-state index < -0.39 is 35.6 Å². The monoisotopic (exact) mass is 480 g/mol. The number of halogens is 3.